The van der Waals surface area contributed by atoms with Crippen molar-refractivity contribution >= 4 is 0 Å². The van der Waals surface area contributed by atoms with E-state index in [1.165, 1.54) is 12.1 Å². The summed E-state index contributed by atoms with van der Waals surface area (Å²) >= 11 is 0. The second kappa shape index (κ2) is 6.46. The van der Waals surface area contributed by atoms with Crippen molar-refractivity contribution in [1.29, 1.82) is 5.26 Å². The fraction of sp³-hybridized carbons (Fsp3) is 0.100. The Hall–Kier alpha value is -3.73. The van der Waals surface area contributed by atoms with E-state index in [2.05, 4.69) is 10.2 Å². The molecule has 0 unspecified atom stereocenters. The van der Waals surface area contributed by atoms with Gasteiger partial charge in [0.2, 0.25) is 11.8 Å². The van der Waals surface area contributed by atoms with Crippen molar-refractivity contribution in [2.75, 3.05) is 0 Å². The third kappa shape index (κ3) is 2.87. The first-order valence-electron chi connectivity index (χ1n) is 8.28. The number of rotatable bonds is 2. The van der Waals surface area contributed by atoms with Crippen molar-refractivity contribution in [3.63, 3.8) is 0 Å². The summed E-state index contributed by atoms with van der Waals surface area (Å²) in [5, 5.41) is 16.6. The minimum Gasteiger partial charge on any atom is -0.420 e. The molecule has 3 aromatic rings. The molecular formula is C20H13F3N4O. The number of fused-ring (bicyclic) bond motifs is 1. The lowest BCUT2D eigenvalue weighted by molar-refractivity contribution is -0.137. The number of hydrogen-bond acceptors (Lipinski definition) is 4. The van der Waals surface area contributed by atoms with Gasteiger partial charge in [0, 0.05) is 0 Å². The fourth-order valence-electron chi connectivity index (χ4n) is 3.30. The van der Waals surface area contributed by atoms with Crippen LogP contribution >= 0.6 is 0 Å². The van der Waals surface area contributed by atoms with Crippen LogP contribution in [0.15, 0.2) is 66.1 Å². The van der Waals surface area contributed by atoms with Crippen molar-refractivity contribution in [2.24, 2.45) is 5.73 Å². The molecule has 1 aliphatic rings. The maximum atomic E-state index is 13.2. The molecule has 0 amide bonds. The quantitative estimate of drug-likeness (QED) is 0.691. The second-order valence-electron chi connectivity index (χ2n) is 6.23. The maximum absolute atomic E-state index is 13.2. The molecule has 0 spiro atoms. The molecule has 0 aliphatic carbocycles. The van der Waals surface area contributed by atoms with Crippen molar-refractivity contribution in [3.05, 3.63) is 82.7 Å². The normalized spacial score (nSPS) is 16.3. The third-order valence-electron chi connectivity index (χ3n) is 4.55. The Morgan fingerprint density at radius 1 is 1.11 bits per heavy atom. The number of nitrogens with two attached hydrogens (primary N) is 1. The predicted octanol–water partition coefficient (Wildman–Crippen LogP) is 4.31. The van der Waals surface area contributed by atoms with Gasteiger partial charge in [0.15, 0.2) is 0 Å². The number of halogens is 3. The second-order valence-corrected chi connectivity index (χ2v) is 6.23. The number of nitriles is 1. The molecule has 5 nitrogen and oxygen atoms in total. The van der Waals surface area contributed by atoms with Gasteiger partial charge >= 0.3 is 6.18 Å². The molecule has 8 heteroatoms. The van der Waals surface area contributed by atoms with Crippen LogP contribution in [0.1, 0.15) is 22.6 Å². The fourth-order valence-corrected chi connectivity index (χ4v) is 3.30. The lowest BCUT2D eigenvalue weighted by Gasteiger charge is -2.24. The number of aromatic nitrogens is 2. The molecule has 140 valence electrons. The molecule has 4 rings (SSSR count). The van der Waals surface area contributed by atoms with Gasteiger partial charge in [-0.05, 0) is 17.2 Å². The van der Waals surface area contributed by atoms with E-state index in [-0.39, 0.29) is 22.9 Å². The molecule has 1 aliphatic heterocycles. The highest BCUT2D eigenvalue weighted by Gasteiger charge is 2.37. The van der Waals surface area contributed by atoms with Gasteiger partial charge in [-0.15, -0.1) is 5.10 Å². The zero-order chi connectivity index (χ0) is 19.9. The van der Waals surface area contributed by atoms with E-state index in [0.29, 0.717) is 11.3 Å². The zero-order valence-corrected chi connectivity index (χ0v) is 14.3. The van der Waals surface area contributed by atoms with E-state index < -0.39 is 17.7 Å². The van der Waals surface area contributed by atoms with Crippen molar-refractivity contribution in [3.8, 4) is 23.2 Å². The number of hydrogen-bond donors (Lipinski definition) is 2. The van der Waals surface area contributed by atoms with Gasteiger partial charge in [0.25, 0.3) is 0 Å². The van der Waals surface area contributed by atoms with E-state index >= 15 is 0 Å². The van der Waals surface area contributed by atoms with Crippen molar-refractivity contribution < 1.29 is 17.9 Å². The number of aromatic amines is 1. The van der Waals surface area contributed by atoms with Gasteiger partial charge in [0.1, 0.15) is 11.6 Å². The number of nitrogens with zero attached hydrogens (tertiary/aromatic N) is 2. The number of nitrogens with one attached hydrogen (secondary N) is 1. The average molecular weight is 382 g/mol. The molecular weight excluding hydrogens is 369 g/mol. The van der Waals surface area contributed by atoms with Gasteiger partial charge in [-0.2, -0.15) is 18.4 Å². The summed E-state index contributed by atoms with van der Waals surface area (Å²) in [6.45, 7) is 0. The molecule has 0 saturated carbocycles. The van der Waals surface area contributed by atoms with Gasteiger partial charge < -0.3 is 10.5 Å². The van der Waals surface area contributed by atoms with Crippen LogP contribution in [0, 0.1) is 11.3 Å². The van der Waals surface area contributed by atoms with Crippen LogP contribution in [-0.2, 0) is 6.18 Å². The van der Waals surface area contributed by atoms with Crippen LogP contribution in [0.3, 0.4) is 0 Å². The van der Waals surface area contributed by atoms with Gasteiger partial charge in [-0.1, -0.05) is 48.5 Å². The Kier molecular flexibility index (Phi) is 4.08. The minimum atomic E-state index is -4.51. The van der Waals surface area contributed by atoms with Crippen LogP contribution in [0.2, 0.25) is 0 Å². The third-order valence-corrected chi connectivity index (χ3v) is 4.55. The molecule has 1 aromatic heterocycles. The summed E-state index contributed by atoms with van der Waals surface area (Å²) in [5.74, 6) is -0.883. The Morgan fingerprint density at radius 3 is 2.54 bits per heavy atom. The highest BCUT2D eigenvalue weighted by Crippen LogP contribution is 2.46. The van der Waals surface area contributed by atoms with Crippen LogP contribution in [-0.4, -0.2) is 10.2 Å². The largest absolute Gasteiger partial charge is 0.420 e. The Morgan fingerprint density at radius 2 is 1.86 bits per heavy atom. The SMILES string of the molecule is N#CC1=C(N)Oc2n[nH]c(-c3ccccc3)c2[C@@H]1c1cccc(C(F)(F)F)c1. The predicted molar refractivity (Wildman–Crippen MR) is 94.8 cm³/mol. The average Bonchev–Trinajstić information content (AvgIpc) is 3.10. The first kappa shape index (κ1) is 17.7. The van der Waals surface area contributed by atoms with E-state index in [9.17, 15) is 18.4 Å². The number of alkyl halides is 3. The van der Waals surface area contributed by atoms with Crippen molar-refractivity contribution in [2.45, 2.75) is 12.1 Å². The summed E-state index contributed by atoms with van der Waals surface area (Å²) < 4.78 is 45.1. The number of benzene rings is 2. The molecule has 0 bridgehead atoms. The molecule has 0 saturated heterocycles. The zero-order valence-electron chi connectivity index (χ0n) is 14.3. The van der Waals surface area contributed by atoms with Gasteiger partial charge in [-0.3, -0.25) is 5.10 Å². The minimum absolute atomic E-state index is 0.0328. The van der Waals surface area contributed by atoms with E-state index in [1.54, 1.807) is 0 Å². The molecule has 1 atom stereocenters. The van der Waals surface area contributed by atoms with E-state index in [4.69, 9.17) is 10.5 Å². The molecule has 2 aromatic carbocycles. The van der Waals surface area contributed by atoms with Crippen LogP contribution in [0.5, 0.6) is 5.88 Å². The summed E-state index contributed by atoms with van der Waals surface area (Å²) in [4.78, 5) is 0. The lowest BCUT2D eigenvalue weighted by Crippen LogP contribution is -2.21. The first-order valence-corrected chi connectivity index (χ1v) is 8.28. The molecule has 28 heavy (non-hydrogen) atoms. The van der Waals surface area contributed by atoms with Crippen LogP contribution in [0.4, 0.5) is 13.2 Å². The summed E-state index contributed by atoms with van der Waals surface area (Å²) in [6, 6.07) is 15.9. The Balaban J connectivity index is 1.95. The lowest BCUT2D eigenvalue weighted by atomic mass is 9.82. The van der Waals surface area contributed by atoms with Crippen LogP contribution in [0.25, 0.3) is 11.3 Å². The smallest absolute Gasteiger partial charge is 0.416 e. The highest BCUT2D eigenvalue weighted by atomic mass is 19.4. The summed E-state index contributed by atoms with van der Waals surface area (Å²) in [7, 11) is 0. The molecule has 3 N–H and O–H groups in total. The van der Waals surface area contributed by atoms with Crippen molar-refractivity contribution in [1.82, 2.24) is 10.2 Å². The molecule has 2 heterocycles. The number of allylic oxidation sites excluding steroid dienone is 1. The topological polar surface area (TPSA) is 87.7 Å². The Labute approximate surface area is 157 Å². The maximum Gasteiger partial charge on any atom is 0.416 e. The van der Waals surface area contributed by atoms with Gasteiger partial charge in [-0.25, -0.2) is 0 Å². The van der Waals surface area contributed by atoms with Crippen LogP contribution < -0.4 is 10.5 Å². The number of ether oxygens (including phenoxy) is 1. The van der Waals surface area contributed by atoms with E-state index in [1.807, 2.05) is 36.4 Å². The Bertz CT molecular complexity index is 1110. The van der Waals surface area contributed by atoms with Gasteiger partial charge in [0.05, 0.1) is 22.7 Å². The standard InChI is InChI=1S/C20H13F3N4O/c21-20(22,23)13-8-4-7-12(9-13)15-14(10-24)18(25)28-19-16(15)17(26-27-19)11-5-2-1-3-6-11/h1-9,15H,25H2,(H,26,27)/t15-/m1/s1. The number of H-pyrrole nitrogens is 1. The summed E-state index contributed by atoms with van der Waals surface area (Å²) in [6.07, 6.45) is -4.51. The highest BCUT2D eigenvalue weighted by molar-refractivity contribution is 5.70. The molecule has 0 fully saturated rings. The van der Waals surface area contributed by atoms with E-state index in [0.717, 1.165) is 17.7 Å². The monoisotopic (exact) mass is 382 g/mol. The molecule has 0 radical (unpaired) electrons. The summed E-state index contributed by atoms with van der Waals surface area (Å²) in [5.41, 5.74) is 7.15. The first-order chi connectivity index (χ1) is 13.4.